The van der Waals surface area contributed by atoms with E-state index in [0.717, 1.165) is 0 Å². The lowest BCUT2D eigenvalue weighted by atomic mass is 9.97. The second-order valence-electron chi connectivity index (χ2n) is 3.85. The highest BCUT2D eigenvalue weighted by Crippen LogP contribution is 2.39. The van der Waals surface area contributed by atoms with E-state index in [-0.39, 0.29) is 0 Å². The summed E-state index contributed by atoms with van der Waals surface area (Å²) in [4.78, 5) is 0. The van der Waals surface area contributed by atoms with Crippen LogP contribution in [0.3, 0.4) is 0 Å². The van der Waals surface area contributed by atoms with Crippen molar-refractivity contribution in [2.24, 2.45) is 0 Å². The van der Waals surface area contributed by atoms with Crippen molar-refractivity contribution in [2.75, 3.05) is 0 Å². The minimum atomic E-state index is -0.437. The van der Waals surface area contributed by atoms with Crippen LogP contribution in [0.25, 0.3) is 0 Å². The van der Waals surface area contributed by atoms with E-state index in [1.165, 1.54) is 0 Å². The van der Waals surface area contributed by atoms with E-state index < -0.39 is 32.3 Å². The van der Waals surface area contributed by atoms with Crippen LogP contribution < -0.4 is 0 Å². The molecule has 0 N–H and O–H groups in total. The first kappa shape index (κ1) is 18.4. The molecule has 0 amide bonds. The second-order valence-corrected chi connectivity index (χ2v) is 6.88. The first-order chi connectivity index (χ1) is 7.73. The van der Waals surface area contributed by atoms with E-state index in [1.807, 2.05) is 0 Å². The Hall–Kier alpha value is 1.41. The van der Waals surface area contributed by atoms with Crippen LogP contribution in [-0.4, -0.2) is 32.3 Å². The van der Waals surface area contributed by atoms with Crippen LogP contribution in [0.2, 0.25) is 0 Å². The first-order valence-electron chi connectivity index (χ1n) is 4.82. The molecule has 0 unspecified atom stereocenters. The van der Waals surface area contributed by atoms with Gasteiger partial charge < -0.3 is 0 Å². The van der Waals surface area contributed by atoms with Crippen molar-refractivity contribution in [1.29, 1.82) is 0 Å². The Labute approximate surface area is 131 Å². The molecule has 0 spiro atoms. The number of halogens is 7. The van der Waals surface area contributed by atoms with Crippen molar-refractivity contribution >= 4 is 69.6 Å². The fraction of sp³-hybridized carbons (Fsp3) is 0.800. The van der Waals surface area contributed by atoms with E-state index in [1.54, 1.807) is 13.8 Å². The molecule has 7 heteroatoms. The molecule has 0 aliphatic heterocycles. The molecule has 0 aromatic heterocycles. The summed E-state index contributed by atoms with van der Waals surface area (Å²) in [6.07, 6.45) is 0.583. The van der Waals surface area contributed by atoms with Crippen molar-refractivity contribution in [1.82, 2.24) is 0 Å². The second kappa shape index (κ2) is 8.55. The summed E-state index contributed by atoms with van der Waals surface area (Å²) in [7, 11) is 0. The average Bonchev–Trinajstić information content (AvgIpc) is 2.32. The third-order valence-electron chi connectivity index (χ3n) is 2.04. The van der Waals surface area contributed by atoms with Crippen molar-refractivity contribution in [3.05, 3.63) is 11.9 Å². The van der Waals surface area contributed by atoms with Gasteiger partial charge in [-0.2, -0.15) is 0 Å². The highest BCUT2D eigenvalue weighted by molar-refractivity contribution is 6.45. The number of allylic oxidation sites excluding steroid dienone is 1. The lowest BCUT2D eigenvalue weighted by Crippen LogP contribution is -2.52. The summed E-state index contributed by atoms with van der Waals surface area (Å²) >= 11 is 35.3. The normalized spacial score (nSPS) is 41.2. The summed E-state index contributed by atoms with van der Waals surface area (Å²) in [5.41, 5.74) is 0.713. The number of hydrogen-bond acceptors (Lipinski definition) is 0. The zero-order valence-electron chi connectivity index (χ0n) is 9.19. The Morgan fingerprint density at radius 3 is 0.882 bits per heavy atom. The molecule has 0 aromatic rings. The van der Waals surface area contributed by atoms with Crippen LogP contribution >= 0.6 is 69.6 Å². The van der Waals surface area contributed by atoms with Gasteiger partial charge in [-0.15, -0.1) is 69.6 Å². The molecule has 1 saturated carbocycles. The first-order valence-corrected chi connectivity index (χ1v) is 7.43. The molecule has 1 rings (SSSR count). The topological polar surface area (TPSA) is 0 Å². The molecule has 17 heavy (non-hydrogen) atoms. The zero-order valence-corrected chi connectivity index (χ0v) is 13.7. The Kier molecular flexibility index (Phi) is 9.26. The van der Waals surface area contributed by atoms with Gasteiger partial charge in [0.15, 0.2) is 0 Å². The van der Waals surface area contributed by atoms with Crippen molar-refractivity contribution < 1.29 is 4.39 Å². The zero-order chi connectivity index (χ0) is 13.7. The van der Waals surface area contributed by atoms with E-state index in [4.69, 9.17) is 69.6 Å². The van der Waals surface area contributed by atoms with Crippen molar-refractivity contribution in [3.63, 3.8) is 0 Å². The summed E-state index contributed by atoms with van der Waals surface area (Å²) in [6.45, 7) is 3.42. The van der Waals surface area contributed by atoms with Gasteiger partial charge in [0.2, 0.25) is 0 Å². The van der Waals surface area contributed by atoms with Gasteiger partial charge in [0.25, 0.3) is 0 Å². The monoisotopic (exact) mass is 362 g/mol. The molecule has 0 bridgehead atoms. The average molecular weight is 365 g/mol. The molecular formula is C10H13Cl6F. The third-order valence-corrected chi connectivity index (χ3v) is 6.07. The maximum atomic E-state index is 11.0. The van der Waals surface area contributed by atoms with Gasteiger partial charge in [0.1, 0.15) is 0 Å². The summed E-state index contributed by atoms with van der Waals surface area (Å²) in [6, 6.07) is 0. The summed E-state index contributed by atoms with van der Waals surface area (Å²) in [5, 5.41) is -2.62. The van der Waals surface area contributed by atoms with Crippen LogP contribution in [-0.2, 0) is 0 Å². The maximum Gasteiger partial charge on any atom is 0.0853 e. The minimum absolute atomic E-state index is 0.437. The largest absolute Gasteiger partial charge is 0.216 e. The molecule has 0 nitrogen and oxygen atoms in total. The van der Waals surface area contributed by atoms with Gasteiger partial charge >= 0.3 is 0 Å². The predicted molar refractivity (Wildman–Crippen MR) is 78.4 cm³/mol. The van der Waals surface area contributed by atoms with Crippen molar-refractivity contribution in [2.45, 2.75) is 46.1 Å². The van der Waals surface area contributed by atoms with Gasteiger partial charge in [0, 0.05) is 0 Å². The predicted octanol–water partition coefficient (Wildman–Crippen LogP) is 5.52. The Morgan fingerprint density at radius 1 is 0.706 bits per heavy atom. The Bertz CT molecular complexity index is 197. The van der Waals surface area contributed by atoms with Gasteiger partial charge in [-0.05, 0) is 19.4 Å². The molecule has 1 aliphatic carbocycles. The van der Waals surface area contributed by atoms with E-state index >= 15 is 0 Å². The molecule has 0 atom stereocenters. The Balaban J connectivity index is 0.000000437. The van der Waals surface area contributed by atoms with Crippen LogP contribution in [0.15, 0.2) is 11.9 Å². The highest BCUT2D eigenvalue weighted by Gasteiger charge is 2.46. The summed E-state index contributed by atoms with van der Waals surface area (Å²) < 4.78 is 11.0. The van der Waals surface area contributed by atoms with Gasteiger partial charge in [0.05, 0.1) is 38.6 Å². The fourth-order valence-electron chi connectivity index (χ4n) is 1.05. The number of alkyl halides is 6. The molecular weight excluding hydrogens is 352 g/mol. The molecule has 0 saturated heterocycles. The third kappa shape index (κ3) is 5.50. The van der Waals surface area contributed by atoms with E-state index in [2.05, 4.69) is 0 Å². The minimum Gasteiger partial charge on any atom is -0.216 e. The lowest BCUT2D eigenvalue weighted by molar-refractivity contribution is 0.544. The summed E-state index contributed by atoms with van der Waals surface area (Å²) in [5.74, 6) is 0. The fourth-order valence-corrected chi connectivity index (χ4v) is 3.38. The van der Waals surface area contributed by atoms with Crippen LogP contribution in [0.1, 0.15) is 13.8 Å². The Morgan fingerprint density at radius 2 is 0.824 bits per heavy atom. The van der Waals surface area contributed by atoms with Gasteiger partial charge in [-0.25, -0.2) is 4.39 Å². The van der Waals surface area contributed by atoms with Crippen LogP contribution in [0.4, 0.5) is 4.39 Å². The standard InChI is InChI=1S/C6H6Cl6.C4H7F/c7-1-2(8)4(10)6(12)5(11)3(1)9;1-4(2)3-5/h1-6H;3H,1-2H3/t1-,2-,3-,4+,5+,6+;. The quantitative estimate of drug-likeness (QED) is 0.496. The molecule has 102 valence electrons. The van der Waals surface area contributed by atoms with Crippen LogP contribution in [0.5, 0.6) is 0 Å². The van der Waals surface area contributed by atoms with E-state index in [0.29, 0.717) is 11.9 Å². The maximum absolute atomic E-state index is 11.0. The van der Waals surface area contributed by atoms with Gasteiger partial charge in [-0.1, -0.05) is 0 Å². The van der Waals surface area contributed by atoms with Crippen molar-refractivity contribution in [3.8, 4) is 0 Å². The van der Waals surface area contributed by atoms with Gasteiger partial charge in [-0.3, -0.25) is 0 Å². The lowest BCUT2D eigenvalue weighted by Gasteiger charge is -2.37. The van der Waals surface area contributed by atoms with Crippen LogP contribution in [0, 0.1) is 0 Å². The SMILES string of the molecule is CC(C)=CF.Cl[C@H]1[C@H](Cl)[C@@H](Cl)[C@@H](Cl)[C@H](Cl)[C@H]1Cl. The molecule has 0 radical (unpaired) electrons. The number of rotatable bonds is 0. The molecule has 0 aromatic carbocycles. The number of hydrogen-bond donors (Lipinski definition) is 0. The molecule has 1 aliphatic rings. The smallest absolute Gasteiger partial charge is 0.0853 e. The molecule has 0 heterocycles. The highest BCUT2D eigenvalue weighted by atomic mass is 35.5. The molecule has 1 fully saturated rings. The van der Waals surface area contributed by atoms with E-state index in [9.17, 15) is 4.39 Å².